The summed E-state index contributed by atoms with van der Waals surface area (Å²) < 4.78 is 41.9. The summed E-state index contributed by atoms with van der Waals surface area (Å²) in [7, 11) is -3.56. The second-order valence-electron chi connectivity index (χ2n) is 5.79. The fraction of sp³-hybridized carbons (Fsp3) is 0.500. The van der Waals surface area contributed by atoms with Crippen molar-refractivity contribution < 1.29 is 22.3 Å². The number of sulfone groups is 1. The third-order valence-corrected chi connectivity index (χ3v) is 6.20. The molecule has 1 aliphatic heterocycles. The normalized spacial score (nSPS) is 15.6. The average molecular weight is 387 g/mol. The summed E-state index contributed by atoms with van der Waals surface area (Å²) in [6.07, 6.45) is 1.30. The molecule has 1 atom stereocenters. The molecule has 2 aromatic rings. The number of hydrogen-bond donors (Lipinski definition) is 0. The van der Waals surface area contributed by atoms with E-state index in [2.05, 4.69) is 10.2 Å². The minimum absolute atomic E-state index is 0.0947. The van der Waals surface area contributed by atoms with Crippen molar-refractivity contribution in [3.63, 3.8) is 0 Å². The average Bonchev–Trinajstić information content (AvgIpc) is 2.92. The summed E-state index contributed by atoms with van der Waals surface area (Å²) in [4.78, 5) is 0. The van der Waals surface area contributed by atoms with Crippen LogP contribution >= 0.6 is 11.6 Å². The summed E-state index contributed by atoms with van der Waals surface area (Å²) in [6.45, 7) is 4.40. The number of nitrogens with zero attached hydrogens (tertiary/aromatic N) is 2. The zero-order valence-electron chi connectivity index (χ0n) is 14.0. The Balaban J connectivity index is 1.85. The van der Waals surface area contributed by atoms with E-state index in [1.54, 1.807) is 12.1 Å². The SMILES string of the molecule is CCc1nnc(C(C)S(=O)(=O)Cc2cc(Cl)c3c(c2)OCCCO3)o1. The van der Waals surface area contributed by atoms with Crippen LogP contribution in [0.5, 0.6) is 11.5 Å². The number of halogens is 1. The van der Waals surface area contributed by atoms with Crippen molar-refractivity contribution in [3.8, 4) is 11.5 Å². The Morgan fingerprint density at radius 2 is 2.00 bits per heavy atom. The lowest BCUT2D eigenvalue weighted by molar-refractivity contribution is 0.297. The fourth-order valence-electron chi connectivity index (χ4n) is 2.45. The number of aryl methyl sites for hydroxylation is 1. The molecule has 7 nitrogen and oxygen atoms in total. The first-order valence-corrected chi connectivity index (χ1v) is 10.1. The van der Waals surface area contributed by atoms with Crippen LogP contribution in [0.4, 0.5) is 0 Å². The zero-order valence-corrected chi connectivity index (χ0v) is 15.6. The van der Waals surface area contributed by atoms with Gasteiger partial charge in [-0.3, -0.25) is 0 Å². The number of hydrogen-bond acceptors (Lipinski definition) is 7. The van der Waals surface area contributed by atoms with Crippen LogP contribution < -0.4 is 9.47 Å². The molecule has 1 aromatic carbocycles. The van der Waals surface area contributed by atoms with E-state index in [0.717, 1.165) is 6.42 Å². The van der Waals surface area contributed by atoms with Crippen LogP contribution in [0.15, 0.2) is 16.5 Å². The van der Waals surface area contributed by atoms with E-state index in [1.807, 2.05) is 6.92 Å². The highest BCUT2D eigenvalue weighted by molar-refractivity contribution is 7.90. The van der Waals surface area contributed by atoms with E-state index in [0.29, 0.717) is 47.6 Å². The highest BCUT2D eigenvalue weighted by Gasteiger charge is 2.29. The van der Waals surface area contributed by atoms with E-state index in [9.17, 15) is 8.42 Å². The molecule has 136 valence electrons. The maximum atomic E-state index is 12.7. The van der Waals surface area contributed by atoms with Crippen LogP contribution in [-0.2, 0) is 22.0 Å². The van der Waals surface area contributed by atoms with Gasteiger partial charge in [0.2, 0.25) is 11.8 Å². The van der Waals surface area contributed by atoms with Crippen LogP contribution in [0.25, 0.3) is 0 Å². The van der Waals surface area contributed by atoms with Gasteiger partial charge in [-0.25, -0.2) is 8.42 Å². The molecule has 0 amide bonds. The van der Waals surface area contributed by atoms with Gasteiger partial charge in [0.15, 0.2) is 21.3 Å². The van der Waals surface area contributed by atoms with Gasteiger partial charge in [0.05, 0.1) is 24.0 Å². The first-order chi connectivity index (χ1) is 11.9. The van der Waals surface area contributed by atoms with Crippen molar-refractivity contribution in [2.45, 2.75) is 37.7 Å². The van der Waals surface area contributed by atoms with Gasteiger partial charge < -0.3 is 13.9 Å². The largest absolute Gasteiger partial charge is 0.489 e. The molecule has 0 spiro atoms. The first-order valence-electron chi connectivity index (χ1n) is 8.02. The lowest BCUT2D eigenvalue weighted by Crippen LogP contribution is -2.13. The topological polar surface area (TPSA) is 91.5 Å². The Kier molecular flexibility index (Phi) is 5.19. The fourth-order valence-corrected chi connectivity index (χ4v) is 4.02. The molecule has 0 N–H and O–H groups in total. The third-order valence-electron chi connectivity index (χ3n) is 3.90. The van der Waals surface area contributed by atoms with Crippen molar-refractivity contribution >= 4 is 21.4 Å². The number of fused-ring (bicyclic) bond motifs is 1. The van der Waals surface area contributed by atoms with Gasteiger partial charge in [-0.15, -0.1) is 10.2 Å². The van der Waals surface area contributed by atoms with Gasteiger partial charge in [-0.2, -0.15) is 0 Å². The van der Waals surface area contributed by atoms with Gasteiger partial charge in [-0.05, 0) is 24.6 Å². The summed E-state index contributed by atoms with van der Waals surface area (Å²) in [5.74, 6) is 1.22. The van der Waals surface area contributed by atoms with E-state index in [1.165, 1.54) is 6.92 Å². The summed E-state index contributed by atoms with van der Waals surface area (Å²) in [5.41, 5.74) is 0.524. The molecule has 1 aliphatic rings. The molecule has 0 bridgehead atoms. The van der Waals surface area contributed by atoms with Gasteiger partial charge in [0, 0.05) is 12.8 Å². The molecule has 0 saturated carbocycles. The Hall–Kier alpha value is -1.80. The Labute approximate surface area is 151 Å². The smallest absolute Gasteiger partial charge is 0.234 e. The second kappa shape index (κ2) is 7.21. The number of ether oxygens (including phenoxy) is 2. The van der Waals surface area contributed by atoms with Gasteiger partial charge in [0.1, 0.15) is 5.25 Å². The maximum Gasteiger partial charge on any atom is 0.234 e. The van der Waals surface area contributed by atoms with E-state index < -0.39 is 15.1 Å². The second-order valence-corrected chi connectivity index (χ2v) is 8.52. The van der Waals surface area contributed by atoms with E-state index >= 15 is 0 Å². The lowest BCUT2D eigenvalue weighted by atomic mass is 10.2. The molecule has 0 aliphatic carbocycles. The standard InChI is InChI=1S/C16H19ClN2O5S/c1-3-14-18-19-16(24-14)10(2)25(20,21)9-11-7-12(17)15-13(8-11)22-5-4-6-23-15/h7-8,10H,3-6,9H2,1-2H3. The minimum Gasteiger partial charge on any atom is -0.489 e. The monoisotopic (exact) mass is 386 g/mol. The van der Waals surface area contributed by atoms with E-state index in [-0.39, 0.29) is 11.6 Å². The van der Waals surface area contributed by atoms with Crippen LogP contribution in [0.2, 0.25) is 5.02 Å². The lowest BCUT2D eigenvalue weighted by Gasteiger charge is -2.13. The third kappa shape index (κ3) is 3.90. The highest BCUT2D eigenvalue weighted by Crippen LogP contribution is 2.39. The number of rotatable bonds is 5. The molecule has 1 unspecified atom stereocenters. The molecular weight excluding hydrogens is 368 g/mol. The Morgan fingerprint density at radius 3 is 2.72 bits per heavy atom. The quantitative estimate of drug-likeness (QED) is 0.779. The molecular formula is C16H19ClN2O5S. The Bertz CT molecular complexity index is 865. The van der Waals surface area contributed by atoms with Gasteiger partial charge in [0.25, 0.3) is 0 Å². The Morgan fingerprint density at radius 1 is 1.24 bits per heavy atom. The number of benzene rings is 1. The van der Waals surface area contributed by atoms with Crippen molar-refractivity contribution in [3.05, 3.63) is 34.5 Å². The van der Waals surface area contributed by atoms with Crippen LogP contribution in [0, 0.1) is 0 Å². The van der Waals surface area contributed by atoms with Crippen LogP contribution in [0.3, 0.4) is 0 Å². The molecule has 9 heteroatoms. The molecule has 0 fully saturated rings. The van der Waals surface area contributed by atoms with Crippen molar-refractivity contribution in [1.82, 2.24) is 10.2 Å². The van der Waals surface area contributed by atoms with Crippen molar-refractivity contribution in [2.75, 3.05) is 13.2 Å². The molecule has 2 heterocycles. The zero-order chi connectivity index (χ0) is 18.0. The maximum absolute atomic E-state index is 12.7. The summed E-state index contributed by atoms with van der Waals surface area (Å²) in [6, 6.07) is 3.24. The summed E-state index contributed by atoms with van der Waals surface area (Å²) in [5, 5.41) is 7.08. The number of aromatic nitrogens is 2. The van der Waals surface area contributed by atoms with Gasteiger partial charge in [-0.1, -0.05) is 18.5 Å². The van der Waals surface area contributed by atoms with Crippen molar-refractivity contribution in [2.24, 2.45) is 0 Å². The van der Waals surface area contributed by atoms with Crippen molar-refractivity contribution in [1.29, 1.82) is 0 Å². The molecule has 3 rings (SSSR count). The molecule has 0 radical (unpaired) electrons. The molecule has 1 aromatic heterocycles. The minimum atomic E-state index is -3.56. The predicted octanol–water partition coefficient (Wildman–Crippen LogP) is 3.12. The highest BCUT2D eigenvalue weighted by atomic mass is 35.5. The van der Waals surface area contributed by atoms with E-state index in [4.69, 9.17) is 25.5 Å². The van der Waals surface area contributed by atoms with Gasteiger partial charge >= 0.3 is 0 Å². The first kappa shape index (κ1) is 18.0. The predicted molar refractivity (Wildman–Crippen MR) is 91.8 cm³/mol. The molecule has 0 saturated heterocycles. The molecule has 25 heavy (non-hydrogen) atoms. The van der Waals surface area contributed by atoms with Crippen LogP contribution in [-0.4, -0.2) is 31.8 Å². The summed E-state index contributed by atoms with van der Waals surface area (Å²) >= 11 is 6.23. The van der Waals surface area contributed by atoms with Crippen LogP contribution in [0.1, 0.15) is 42.9 Å².